The number of rotatable bonds is 9. The summed E-state index contributed by atoms with van der Waals surface area (Å²) in [6.07, 6.45) is 8.90. The number of methoxy groups -OCH3 is 1. The third-order valence-electron chi connectivity index (χ3n) is 4.34. The third-order valence-corrected chi connectivity index (χ3v) is 4.34. The van der Waals surface area contributed by atoms with Crippen LogP contribution in [0, 0.1) is 0 Å². The van der Waals surface area contributed by atoms with Crippen molar-refractivity contribution in [1.29, 1.82) is 0 Å². The summed E-state index contributed by atoms with van der Waals surface area (Å²) in [5, 5.41) is 8.39. The van der Waals surface area contributed by atoms with Crippen molar-refractivity contribution in [3.63, 3.8) is 0 Å². The number of amides is 1. The molecule has 0 aliphatic heterocycles. The van der Waals surface area contributed by atoms with Gasteiger partial charge in [0.15, 0.2) is 5.65 Å². The van der Waals surface area contributed by atoms with E-state index < -0.39 is 0 Å². The van der Waals surface area contributed by atoms with E-state index in [4.69, 9.17) is 26.2 Å². The van der Waals surface area contributed by atoms with E-state index in [0.29, 0.717) is 31.3 Å². The van der Waals surface area contributed by atoms with E-state index in [1.54, 1.807) is 25.1 Å². The number of anilines is 1. The summed E-state index contributed by atoms with van der Waals surface area (Å²) >= 11 is 0. The minimum atomic E-state index is -0.250. The van der Waals surface area contributed by atoms with Crippen molar-refractivity contribution in [2.75, 3.05) is 25.2 Å². The number of carbonyl (C=O) groups is 2. The van der Waals surface area contributed by atoms with Gasteiger partial charge in [-0.15, -0.1) is 0 Å². The Morgan fingerprint density at radius 1 is 1.41 bits per heavy atom. The number of ether oxygens (including phenoxy) is 1. The predicted octanol–water partition coefficient (Wildman–Crippen LogP) is 1.02. The molecule has 1 aliphatic rings. The maximum atomic E-state index is 11.6. The number of hydrogen-bond acceptors (Lipinski definition) is 7. The second kappa shape index (κ2) is 10.4. The topological polar surface area (TPSA) is 139 Å². The highest BCUT2D eigenvalue weighted by atomic mass is 16.5. The lowest BCUT2D eigenvalue weighted by Crippen LogP contribution is -2.26. The molecular formula is C19H28N6O4. The Kier molecular flexibility index (Phi) is 7.98. The summed E-state index contributed by atoms with van der Waals surface area (Å²) in [7, 11) is 1.62. The van der Waals surface area contributed by atoms with Gasteiger partial charge < -0.3 is 29.9 Å². The van der Waals surface area contributed by atoms with Crippen LogP contribution in [0.1, 0.15) is 36.9 Å². The molecule has 10 heteroatoms. The number of carbonyl (C=O) groups excluding carboxylic acids is 1. The number of allylic oxidation sites excluding steroid dienone is 1. The molecule has 1 amide bonds. The zero-order valence-electron chi connectivity index (χ0n) is 16.7. The molecule has 2 aromatic rings. The largest absolute Gasteiger partial charge is 0.483 e. The predicted molar refractivity (Wildman–Crippen MR) is 109 cm³/mol. The molecule has 2 aromatic heterocycles. The summed E-state index contributed by atoms with van der Waals surface area (Å²) in [5.41, 5.74) is 9.84. The van der Waals surface area contributed by atoms with Gasteiger partial charge in [0, 0.05) is 37.9 Å². The fourth-order valence-electron chi connectivity index (χ4n) is 2.99. The average Bonchev–Trinajstić information content (AvgIpc) is 3.42. The summed E-state index contributed by atoms with van der Waals surface area (Å²) in [4.78, 5) is 26.3. The molecule has 5 N–H and O–H groups in total. The molecular weight excluding hydrogens is 376 g/mol. The maximum Gasteiger partial charge on any atom is 0.290 e. The van der Waals surface area contributed by atoms with Crippen molar-refractivity contribution < 1.29 is 19.4 Å². The lowest BCUT2D eigenvalue weighted by molar-refractivity contribution is -0.122. The molecule has 10 nitrogen and oxygen atoms in total. The highest BCUT2D eigenvalue weighted by Crippen LogP contribution is 2.41. The molecule has 0 aromatic carbocycles. The van der Waals surface area contributed by atoms with Crippen molar-refractivity contribution in [2.24, 2.45) is 11.6 Å². The highest BCUT2D eigenvalue weighted by Gasteiger charge is 2.26. The quantitative estimate of drug-likeness (QED) is 0.320. The molecule has 3 rings (SSSR count). The second-order valence-corrected chi connectivity index (χ2v) is 6.84. The molecule has 1 aliphatic carbocycles. The Morgan fingerprint density at radius 3 is 2.66 bits per heavy atom. The van der Waals surface area contributed by atoms with Gasteiger partial charge in [-0.1, -0.05) is 0 Å². The Morgan fingerprint density at radius 2 is 2.10 bits per heavy atom. The summed E-state index contributed by atoms with van der Waals surface area (Å²) < 4.78 is 7.10. The lowest BCUT2D eigenvalue weighted by Gasteiger charge is -2.18. The Hall–Kier alpha value is -3.11. The fraction of sp³-hybridized carbons (Fsp3) is 0.421. The van der Waals surface area contributed by atoms with Crippen LogP contribution >= 0.6 is 0 Å². The van der Waals surface area contributed by atoms with Crippen LogP contribution in [0.3, 0.4) is 0 Å². The molecule has 0 bridgehead atoms. The fourth-order valence-corrected chi connectivity index (χ4v) is 2.99. The van der Waals surface area contributed by atoms with Gasteiger partial charge >= 0.3 is 0 Å². The summed E-state index contributed by atoms with van der Waals surface area (Å²) in [6.45, 7) is 2.89. The molecule has 0 unspecified atom stereocenters. The van der Waals surface area contributed by atoms with Gasteiger partial charge in [-0.25, -0.2) is 10.8 Å². The zero-order valence-corrected chi connectivity index (χ0v) is 16.7. The first kappa shape index (κ1) is 22.2. The monoisotopic (exact) mass is 404 g/mol. The van der Waals surface area contributed by atoms with Gasteiger partial charge in [0.05, 0.1) is 24.5 Å². The van der Waals surface area contributed by atoms with Crippen molar-refractivity contribution >= 4 is 24.2 Å². The van der Waals surface area contributed by atoms with E-state index in [-0.39, 0.29) is 6.47 Å². The van der Waals surface area contributed by atoms with E-state index in [1.165, 1.54) is 23.4 Å². The lowest BCUT2D eigenvalue weighted by atomic mass is 10.1. The van der Waals surface area contributed by atoms with Gasteiger partial charge in [0.2, 0.25) is 6.41 Å². The summed E-state index contributed by atoms with van der Waals surface area (Å²) in [5.74, 6) is 6.51. The van der Waals surface area contributed by atoms with Crippen LogP contribution in [0.4, 0.5) is 5.69 Å². The van der Waals surface area contributed by atoms with Crippen LogP contribution in [-0.4, -0.2) is 52.6 Å². The molecule has 0 radical (unpaired) electrons. The highest BCUT2D eigenvalue weighted by molar-refractivity contribution is 5.84. The molecule has 29 heavy (non-hydrogen) atoms. The Bertz CT molecular complexity index is 858. The van der Waals surface area contributed by atoms with Crippen LogP contribution in [0.2, 0.25) is 0 Å². The van der Waals surface area contributed by atoms with Gasteiger partial charge in [-0.3, -0.25) is 9.59 Å². The third kappa shape index (κ3) is 6.19. The average molecular weight is 404 g/mol. The number of pyridine rings is 1. The molecule has 0 atom stereocenters. The molecule has 0 saturated heterocycles. The van der Waals surface area contributed by atoms with E-state index >= 15 is 0 Å². The SMILES string of the molecule is COCCN(C=O)c1cc(C2CC2)cn2cc(CN(N)/C=C(/C)N)nc12.O=CO. The number of aromatic nitrogens is 2. The van der Waals surface area contributed by atoms with Crippen molar-refractivity contribution in [1.82, 2.24) is 14.4 Å². The van der Waals surface area contributed by atoms with Gasteiger partial charge in [-0.05, 0) is 37.3 Å². The molecule has 2 heterocycles. The normalized spacial score (nSPS) is 13.6. The minimum Gasteiger partial charge on any atom is -0.483 e. The van der Waals surface area contributed by atoms with E-state index in [0.717, 1.165) is 23.4 Å². The van der Waals surface area contributed by atoms with Crippen LogP contribution in [0.15, 0.2) is 30.4 Å². The van der Waals surface area contributed by atoms with Crippen molar-refractivity contribution in [3.05, 3.63) is 41.6 Å². The van der Waals surface area contributed by atoms with Crippen LogP contribution < -0.4 is 16.5 Å². The summed E-state index contributed by atoms with van der Waals surface area (Å²) in [6, 6.07) is 2.07. The van der Waals surface area contributed by atoms with E-state index in [9.17, 15) is 4.79 Å². The van der Waals surface area contributed by atoms with Crippen LogP contribution in [0.25, 0.3) is 5.65 Å². The van der Waals surface area contributed by atoms with Crippen molar-refractivity contribution in [3.8, 4) is 0 Å². The standard InChI is InChI=1S/C18H26N6O2.CH2O2/c1-13(19)8-24(20)11-16-10-23-9-15(14-3-4-14)7-17(18(23)21-16)22(12-25)5-6-26-2;2-1-3/h7-10,12,14H,3-6,11,19-20H2,1-2H3;1H,(H,2,3)/b13-8-;. The smallest absolute Gasteiger partial charge is 0.290 e. The maximum absolute atomic E-state index is 11.6. The first-order chi connectivity index (χ1) is 13.9. The number of nitrogens with zero attached hydrogens (tertiary/aromatic N) is 4. The zero-order chi connectivity index (χ0) is 21.4. The van der Waals surface area contributed by atoms with E-state index in [1.807, 2.05) is 10.6 Å². The molecule has 0 spiro atoms. The number of nitrogens with two attached hydrogens (primary N) is 2. The van der Waals surface area contributed by atoms with Crippen molar-refractivity contribution in [2.45, 2.75) is 32.2 Å². The minimum absolute atomic E-state index is 0.250. The van der Waals surface area contributed by atoms with Gasteiger partial charge in [-0.2, -0.15) is 0 Å². The van der Waals surface area contributed by atoms with Crippen LogP contribution in [0.5, 0.6) is 0 Å². The van der Waals surface area contributed by atoms with Crippen LogP contribution in [-0.2, 0) is 20.9 Å². The number of fused-ring (bicyclic) bond motifs is 1. The molecule has 1 saturated carbocycles. The van der Waals surface area contributed by atoms with E-state index in [2.05, 4.69) is 17.2 Å². The first-order valence-electron chi connectivity index (χ1n) is 9.19. The number of hydrazine groups is 1. The Balaban J connectivity index is 0.000000941. The first-order valence-corrected chi connectivity index (χ1v) is 9.19. The van der Waals surface area contributed by atoms with Gasteiger partial charge in [0.1, 0.15) is 0 Å². The Labute approximate surface area is 169 Å². The second-order valence-electron chi connectivity index (χ2n) is 6.84. The molecule has 1 fully saturated rings. The number of imidazole rings is 1. The van der Waals surface area contributed by atoms with Gasteiger partial charge in [0.25, 0.3) is 6.47 Å². The number of carboxylic acid groups (broad SMARTS) is 1. The molecule has 158 valence electrons. The number of hydrogen-bond donors (Lipinski definition) is 3.